The summed E-state index contributed by atoms with van der Waals surface area (Å²) in [6.45, 7) is 4.11. The molecule has 1 aliphatic heterocycles. The first kappa shape index (κ1) is 20.0. The highest BCUT2D eigenvalue weighted by atomic mass is 19.1. The molecule has 1 N–H and O–H groups in total. The predicted molar refractivity (Wildman–Crippen MR) is 106 cm³/mol. The number of piperazine rings is 1. The molecule has 2 aromatic carbocycles. The first-order valence-electron chi connectivity index (χ1n) is 9.48. The molecule has 0 bridgehead atoms. The van der Waals surface area contributed by atoms with Gasteiger partial charge in [0.15, 0.2) is 0 Å². The maximum absolute atomic E-state index is 13.5. The Morgan fingerprint density at radius 3 is 2.68 bits per heavy atom. The van der Waals surface area contributed by atoms with Crippen LogP contribution in [0.3, 0.4) is 0 Å². The summed E-state index contributed by atoms with van der Waals surface area (Å²) in [6, 6.07) is 13.8. The standard InChI is InChI=1S/C22H26FN3O2/c1-16-6-8-17(9-7-16)14-25(2)21(27)13-20-22(28)24-10-11-26(20)15-18-4-3-5-19(23)12-18/h3-9,12,20H,10-11,13-15H2,1-2H3,(H,24,28)/t20-/m1/s1. The molecule has 1 saturated heterocycles. The monoisotopic (exact) mass is 383 g/mol. The number of carbonyl (C=O) groups is 2. The Hall–Kier alpha value is -2.73. The zero-order valence-corrected chi connectivity index (χ0v) is 16.3. The molecular weight excluding hydrogens is 357 g/mol. The average molecular weight is 383 g/mol. The first-order valence-corrected chi connectivity index (χ1v) is 9.48. The summed E-state index contributed by atoms with van der Waals surface area (Å²) in [6.07, 6.45) is 0.101. The molecule has 0 spiro atoms. The van der Waals surface area contributed by atoms with Crippen LogP contribution in [0.1, 0.15) is 23.1 Å². The summed E-state index contributed by atoms with van der Waals surface area (Å²) in [5.41, 5.74) is 3.01. The number of hydrogen-bond donors (Lipinski definition) is 1. The van der Waals surface area contributed by atoms with Crippen molar-refractivity contribution in [1.29, 1.82) is 0 Å². The molecule has 0 aromatic heterocycles. The van der Waals surface area contributed by atoms with Gasteiger partial charge in [-0.05, 0) is 30.2 Å². The lowest BCUT2D eigenvalue weighted by Gasteiger charge is -2.35. The molecule has 148 valence electrons. The number of halogens is 1. The molecule has 3 rings (SSSR count). The van der Waals surface area contributed by atoms with Gasteiger partial charge in [0.1, 0.15) is 5.82 Å². The summed E-state index contributed by atoms with van der Waals surface area (Å²) in [5, 5.41) is 2.83. The van der Waals surface area contributed by atoms with E-state index in [0.717, 1.165) is 11.1 Å². The van der Waals surface area contributed by atoms with Gasteiger partial charge in [0, 0.05) is 33.2 Å². The molecule has 2 aromatic rings. The molecule has 28 heavy (non-hydrogen) atoms. The quantitative estimate of drug-likeness (QED) is 0.834. The number of nitrogens with one attached hydrogen (secondary N) is 1. The molecule has 0 aliphatic carbocycles. The number of nitrogens with zero attached hydrogens (tertiary/aromatic N) is 2. The van der Waals surface area contributed by atoms with Gasteiger partial charge in [-0.3, -0.25) is 14.5 Å². The number of rotatable bonds is 6. The molecule has 5 nitrogen and oxygen atoms in total. The second kappa shape index (κ2) is 8.97. The number of aryl methyl sites for hydroxylation is 1. The Kier molecular flexibility index (Phi) is 6.41. The fourth-order valence-electron chi connectivity index (χ4n) is 3.42. The summed E-state index contributed by atoms with van der Waals surface area (Å²) in [5.74, 6) is -0.545. The zero-order valence-electron chi connectivity index (χ0n) is 16.3. The van der Waals surface area contributed by atoms with Gasteiger partial charge < -0.3 is 10.2 Å². The fourth-order valence-corrected chi connectivity index (χ4v) is 3.42. The Morgan fingerprint density at radius 2 is 1.96 bits per heavy atom. The Morgan fingerprint density at radius 1 is 1.21 bits per heavy atom. The topological polar surface area (TPSA) is 52.7 Å². The minimum absolute atomic E-state index is 0.0909. The molecule has 1 heterocycles. The normalized spacial score (nSPS) is 17.2. The van der Waals surface area contributed by atoms with E-state index >= 15 is 0 Å². The lowest BCUT2D eigenvalue weighted by Crippen LogP contribution is -2.56. The van der Waals surface area contributed by atoms with Gasteiger partial charge in [0.05, 0.1) is 12.5 Å². The van der Waals surface area contributed by atoms with E-state index in [2.05, 4.69) is 5.32 Å². The number of amides is 2. The summed E-state index contributed by atoms with van der Waals surface area (Å²) in [7, 11) is 1.75. The fraction of sp³-hybridized carbons (Fsp3) is 0.364. The van der Waals surface area contributed by atoms with Crippen molar-refractivity contribution >= 4 is 11.8 Å². The van der Waals surface area contributed by atoms with Crippen LogP contribution in [0.15, 0.2) is 48.5 Å². The van der Waals surface area contributed by atoms with E-state index in [9.17, 15) is 14.0 Å². The number of benzene rings is 2. The van der Waals surface area contributed by atoms with Gasteiger partial charge in [-0.15, -0.1) is 0 Å². The summed E-state index contributed by atoms with van der Waals surface area (Å²) >= 11 is 0. The van der Waals surface area contributed by atoms with E-state index in [4.69, 9.17) is 0 Å². The minimum atomic E-state index is -0.551. The summed E-state index contributed by atoms with van der Waals surface area (Å²) < 4.78 is 13.5. The smallest absolute Gasteiger partial charge is 0.237 e. The van der Waals surface area contributed by atoms with Crippen molar-refractivity contribution in [3.63, 3.8) is 0 Å². The van der Waals surface area contributed by atoms with Crippen LogP contribution in [-0.2, 0) is 22.7 Å². The van der Waals surface area contributed by atoms with E-state index in [1.807, 2.05) is 42.2 Å². The van der Waals surface area contributed by atoms with Gasteiger partial charge >= 0.3 is 0 Å². The molecule has 0 unspecified atom stereocenters. The Labute approximate surface area is 165 Å². The van der Waals surface area contributed by atoms with Crippen molar-refractivity contribution in [3.8, 4) is 0 Å². The SMILES string of the molecule is Cc1ccc(CN(C)C(=O)C[C@@H]2C(=O)NCCN2Cc2cccc(F)c2)cc1. The van der Waals surface area contributed by atoms with Crippen molar-refractivity contribution in [2.75, 3.05) is 20.1 Å². The molecule has 6 heteroatoms. The maximum Gasteiger partial charge on any atom is 0.237 e. The van der Waals surface area contributed by atoms with Crippen LogP contribution in [-0.4, -0.2) is 47.8 Å². The molecule has 1 aliphatic rings. The van der Waals surface area contributed by atoms with Gasteiger partial charge in [-0.2, -0.15) is 0 Å². The van der Waals surface area contributed by atoms with Crippen LogP contribution < -0.4 is 5.32 Å². The Bertz CT molecular complexity index is 838. The molecule has 2 amide bonds. The maximum atomic E-state index is 13.5. The van der Waals surface area contributed by atoms with Gasteiger partial charge in [0.25, 0.3) is 0 Å². The lowest BCUT2D eigenvalue weighted by atomic mass is 10.1. The van der Waals surface area contributed by atoms with Crippen LogP contribution in [0.2, 0.25) is 0 Å². The van der Waals surface area contributed by atoms with Gasteiger partial charge in [-0.1, -0.05) is 42.0 Å². The average Bonchev–Trinajstić information content (AvgIpc) is 2.66. The zero-order chi connectivity index (χ0) is 20.1. The van der Waals surface area contributed by atoms with Crippen molar-refractivity contribution in [3.05, 3.63) is 71.0 Å². The number of carbonyl (C=O) groups excluding carboxylic acids is 2. The van der Waals surface area contributed by atoms with Crippen molar-refractivity contribution < 1.29 is 14.0 Å². The van der Waals surface area contributed by atoms with Crippen molar-refractivity contribution in [1.82, 2.24) is 15.1 Å². The number of hydrogen-bond acceptors (Lipinski definition) is 3. The van der Waals surface area contributed by atoms with Gasteiger partial charge in [0.2, 0.25) is 11.8 Å². The van der Waals surface area contributed by atoms with Crippen molar-refractivity contribution in [2.45, 2.75) is 32.5 Å². The second-order valence-corrected chi connectivity index (χ2v) is 7.35. The Balaban J connectivity index is 1.65. The van der Waals surface area contributed by atoms with Crippen molar-refractivity contribution in [2.24, 2.45) is 0 Å². The van der Waals surface area contributed by atoms with Crippen LogP contribution in [0.25, 0.3) is 0 Å². The molecule has 1 atom stereocenters. The third-order valence-electron chi connectivity index (χ3n) is 5.05. The van der Waals surface area contributed by atoms with Crippen LogP contribution >= 0.6 is 0 Å². The highest BCUT2D eigenvalue weighted by Crippen LogP contribution is 2.16. The van der Waals surface area contributed by atoms with Crippen LogP contribution in [0, 0.1) is 12.7 Å². The van der Waals surface area contributed by atoms with Crippen LogP contribution in [0.4, 0.5) is 4.39 Å². The lowest BCUT2D eigenvalue weighted by molar-refractivity contribution is -0.138. The summed E-state index contributed by atoms with van der Waals surface area (Å²) in [4.78, 5) is 28.8. The largest absolute Gasteiger partial charge is 0.353 e. The van der Waals surface area contributed by atoms with E-state index in [1.54, 1.807) is 18.0 Å². The van der Waals surface area contributed by atoms with E-state index in [-0.39, 0.29) is 24.1 Å². The third kappa shape index (κ3) is 5.16. The van der Waals surface area contributed by atoms with E-state index in [1.165, 1.54) is 17.7 Å². The minimum Gasteiger partial charge on any atom is -0.353 e. The molecule has 0 saturated carbocycles. The van der Waals surface area contributed by atoms with Gasteiger partial charge in [-0.25, -0.2) is 4.39 Å². The molecule has 1 fully saturated rings. The third-order valence-corrected chi connectivity index (χ3v) is 5.05. The van der Waals surface area contributed by atoms with E-state index in [0.29, 0.717) is 26.2 Å². The molecular formula is C22H26FN3O2. The molecule has 0 radical (unpaired) electrons. The van der Waals surface area contributed by atoms with E-state index < -0.39 is 6.04 Å². The van der Waals surface area contributed by atoms with Crippen LogP contribution in [0.5, 0.6) is 0 Å². The second-order valence-electron chi connectivity index (χ2n) is 7.35. The first-order chi connectivity index (χ1) is 13.4. The highest BCUT2D eigenvalue weighted by Gasteiger charge is 2.32. The highest BCUT2D eigenvalue weighted by molar-refractivity contribution is 5.88. The predicted octanol–water partition coefficient (Wildman–Crippen LogP) is 2.48.